The van der Waals surface area contributed by atoms with Gasteiger partial charge in [-0.25, -0.2) is 0 Å². The van der Waals surface area contributed by atoms with E-state index in [2.05, 4.69) is 19.6 Å². The maximum Gasteiger partial charge on any atom is 0.0143 e. The molecule has 0 nitrogen and oxygen atoms in total. The van der Waals surface area contributed by atoms with Gasteiger partial charge in [-0.2, -0.15) is 0 Å². The molecule has 56 valence electrons. The van der Waals surface area contributed by atoms with Gasteiger partial charge in [-0.15, -0.1) is 0 Å². The lowest BCUT2D eigenvalue weighted by Crippen LogP contribution is -2.03. The van der Waals surface area contributed by atoms with E-state index in [1.165, 1.54) is 18.4 Å². The third kappa shape index (κ3) is 1.88. The quantitative estimate of drug-likeness (QED) is 0.510. The van der Waals surface area contributed by atoms with Crippen LogP contribution in [-0.4, -0.2) is 0 Å². The molecule has 0 unspecified atom stereocenters. The molecule has 0 heterocycles. The van der Waals surface area contributed by atoms with Crippen molar-refractivity contribution < 1.29 is 0 Å². The fraction of sp³-hybridized carbons (Fsp3) is 0.556. The zero-order valence-corrected chi connectivity index (χ0v) is 7.12. The van der Waals surface area contributed by atoms with Crippen LogP contribution in [0.1, 0.15) is 26.2 Å². The minimum absolute atomic E-state index is 0.533. The van der Waals surface area contributed by atoms with Gasteiger partial charge in [0.2, 0.25) is 0 Å². The maximum atomic E-state index is 5.78. The van der Waals surface area contributed by atoms with Gasteiger partial charge in [0.25, 0.3) is 0 Å². The van der Waals surface area contributed by atoms with Crippen molar-refractivity contribution in [2.75, 3.05) is 0 Å². The average Bonchev–Trinajstić information content (AvgIpc) is 1.88. The van der Waals surface area contributed by atoms with Crippen LogP contribution in [0.15, 0.2) is 23.3 Å². The highest BCUT2D eigenvalue weighted by Gasteiger charge is 2.13. The molecule has 0 aromatic heterocycles. The van der Waals surface area contributed by atoms with E-state index in [4.69, 9.17) is 11.6 Å². The number of rotatable bonds is 1. The first kappa shape index (κ1) is 7.87. The Kier molecular flexibility index (Phi) is 2.56. The zero-order chi connectivity index (χ0) is 7.56. The van der Waals surface area contributed by atoms with E-state index in [0.29, 0.717) is 5.92 Å². The van der Waals surface area contributed by atoms with Crippen LogP contribution in [0.4, 0.5) is 0 Å². The fourth-order valence-corrected chi connectivity index (χ4v) is 1.45. The fourth-order valence-electron chi connectivity index (χ4n) is 1.25. The Labute approximate surface area is 67.6 Å². The van der Waals surface area contributed by atoms with Gasteiger partial charge in [-0.1, -0.05) is 29.8 Å². The van der Waals surface area contributed by atoms with Crippen LogP contribution < -0.4 is 0 Å². The molecule has 1 atom stereocenters. The summed E-state index contributed by atoms with van der Waals surface area (Å²) in [5.41, 5.74) is 1.49. The molecule has 1 aliphatic carbocycles. The second-order valence-electron chi connectivity index (χ2n) is 2.97. The van der Waals surface area contributed by atoms with Crippen molar-refractivity contribution in [3.8, 4) is 0 Å². The lowest BCUT2D eigenvalue weighted by atomic mass is 9.90. The van der Waals surface area contributed by atoms with Crippen LogP contribution in [-0.2, 0) is 0 Å². The van der Waals surface area contributed by atoms with Crippen molar-refractivity contribution >= 4 is 11.6 Å². The molecule has 1 heteroatoms. The highest BCUT2D eigenvalue weighted by atomic mass is 35.5. The first-order chi connectivity index (χ1) is 4.70. The normalized spacial score (nSPS) is 25.8. The summed E-state index contributed by atoms with van der Waals surface area (Å²) in [5.74, 6) is 0.533. The van der Waals surface area contributed by atoms with Gasteiger partial charge < -0.3 is 0 Å². The van der Waals surface area contributed by atoms with E-state index in [-0.39, 0.29) is 0 Å². The summed E-state index contributed by atoms with van der Waals surface area (Å²) in [7, 11) is 0. The van der Waals surface area contributed by atoms with E-state index in [1.807, 2.05) is 0 Å². The minimum Gasteiger partial charge on any atom is -0.0895 e. The summed E-state index contributed by atoms with van der Waals surface area (Å²) in [5, 5.41) is 0.823. The summed E-state index contributed by atoms with van der Waals surface area (Å²) >= 11 is 5.78. The van der Waals surface area contributed by atoms with Crippen molar-refractivity contribution in [3.05, 3.63) is 23.3 Å². The largest absolute Gasteiger partial charge is 0.0895 e. The summed E-state index contributed by atoms with van der Waals surface area (Å²) in [6, 6.07) is 0. The van der Waals surface area contributed by atoms with Crippen molar-refractivity contribution in [2.45, 2.75) is 26.2 Å². The number of hydrogen-bond donors (Lipinski definition) is 0. The average molecular weight is 157 g/mol. The Bertz CT molecular complexity index is 168. The molecule has 0 aromatic rings. The molecule has 0 N–H and O–H groups in total. The van der Waals surface area contributed by atoms with E-state index in [0.717, 1.165) is 11.5 Å². The first-order valence-corrected chi connectivity index (χ1v) is 4.08. The third-order valence-corrected chi connectivity index (χ3v) is 2.39. The first-order valence-electron chi connectivity index (χ1n) is 3.70. The summed E-state index contributed by atoms with van der Waals surface area (Å²) < 4.78 is 0. The number of allylic oxidation sites excluding steroid dienone is 3. The smallest absolute Gasteiger partial charge is 0.0143 e. The molecule has 10 heavy (non-hydrogen) atoms. The van der Waals surface area contributed by atoms with Gasteiger partial charge in [0, 0.05) is 5.03 Å². The molecular formula is C9H13Cl. The Morgan fingerprint density at radius 3 is 2.90 bits per heavy atom. The van der Waals surface area contributed by atoms with Gasteiger partial charge in [0.15, 0.2) is 0 Å². The molecule has 0 saturated carbocycles. The topological polar surface area (TPSA) is 0 Å². The lowest BCUT2D eigenvalue weighted by molar-refractivity contribution is 0.559. The van der Waals surface area contributed by atoms with Crippen LogP contribution >= 0.6 is 11.6 Å². The molecule has 0 aromatic carbocycles. The molecule has 0 amide bonds. The highest BCUT2D eigenvalue weighted by Crippen LogP contribution is 2.29. The Morgan fingerprint density at radius 2 is 2.50 bits per heavy atom. The second kappa shape index (κ2) is 3.25. The van der Waals surface area contributed by atoms with Crippen molar-refractivity contribution in [1.29, 1.82) is 0 Å². The van der Waals surface area contributed by atoms with E-state index >= 15 is 0 Å². The number of hydrogen-bond acceptors (Lipinski definition) is 0. The van der Waals surface area contributed by atoms with Crippen LogP contribution in [0, 0.1) is 5.92 Å². The molecule has 1 rings (SSSR count). The molecule has 0 saturated heterocycles. The molecule has 0 spiro atoms. The molecule has 0 fully saturated rings. The minimum atomic E-state index is 0.533. The van der Waals surface area contributed by atoms with Gasteiger partial charge in [-0.3, -0.25) is 0 Å². The predicted molar refractivity (Wildman–Crippen MR) is 46.1 cm³/mol. The van der Waals surface area contributed by atoms with Crippen LogP contribution in [0.25, 0.3) is 0 Å². The van der Waals surface area contributed by atoms with E-state index < -0.39 is 0 Å². The van der Waals surface area contributed by atoms with Gasteiger partial charge >= 0.3 is 0 Å². The van der Waals surface area contributed by atoms with Crippen molar-refractivity contribution in [3.63, 3.8) is 0 Å². The molecule has 0 bridgehead atoms. The maximum absolute atomic E-state index is 5.78. The number of halogens is 1. The molecular weight excluding hydrogens is 144 g/mol. The summed E-state index contributed by atoms with van der Waals surface area (Å²) in [6.07, 6.45) is 5.73. The predicted octanol–water partition coefficient (Wildman–Crippen LogP) is 3.49. The van der Waals surface area contributed by atoms with Crippen LogP contribution in [0.2, 0.25) is 0 Å². The highest BCUT2D eigenvalue weighted by molar-refractivity contribution is 6.29. The van der Waals surface area contributed by atoms with E-state index in [9.17, 15) is 0 Å². The lowest BCUT2D eigenvalue weighted by Gasteiger charge is -2.18. The Hall–Kier alpha value is -0.230. The Balaban J connectivity index is 2.50. The summed E-state index contributed by atoms with van der Waals surface area (Å²) in [6.45, 7) is 5.91. The van der Waals surface area contributed by atoms with E-state index in [1.54, 1.807) is 0 Å². The second-order valence-corrected chi connectivity index (χ2v) is 3.45. The zero-order valence-electron chi connectivity index (χ0n) is 6.36. The van der Waals surface area contributed by atoms with Gasteiger partial charge in [0.05, 0.1) is 0 Å². The van der Waals surface area contributed by atoms with Gasteiger partial charge in [-0.05, 0) is 32.1 Å². The molecule has 0 radical (unpaired) electrons. The monoisotopic (exact) mass is 156 g/mol. The van der Waals surface area contributed by atoms with Crippen LogP contribution in [0.3, 0.4) is 0 Å². The van der Waals surface area contributed by atoms with Crippen molar-refractivity contribution in [1.82, 2.24) is 0 Å². The summed E-state index contributed by atoms with van der Waals surface area (Å²) in [4.78, 5) is 0. The molecule has 0 aliphatic heterocycles. The SMILES string of the molecule is C=C(Cl)[C@@H]1CC=C(C)CC1. The molecule has 1 aliphatic rings. The standard InChI is InChI=1S/C9H13Cl/c1-7-3-5-9(6-4-7)8(2)10/h3,9H,2,4-6H2,1H3/t9-/m1/s1. The van der Waals surface area contributed by atoms with Crippen molar-refractivity contribution in [2.24, 2.45) is 5.92 Å². The Morgan fingerprint density at radius 1 is 1.80 bits per heavy atom. The van der Waals surface area contributed by atoms with Gasteiger partial charge in [0.1, 0.15) is 0 Å². The van der Waals surface area contributed by atoms with Crippen LogP contribution in [0.5, 0.6) is 0 Å². The third-order valence-electron chi connectivity index (χ3n) is 2.08.